The number of esters is 1. The van der Waals surface area contributed by atoms with E-state index >= 15 is 0 Å². The molecule has 0 aromatic rings. The second-order valence-corrected chi connectivity index (χ2v) is 5.92. The lowest BCUT2D eigenvalue weighted by molar-refractivity contribution is -0.148. The Morgan fingerprint density at radius 2 is 1.70 bits per heavy atom. The van der Waals surface area contributed by atoms with Crippen molar-refractivity contribution in [2.24, 2.45) is 0 Å². The monoisotopic (exact) mass is 283 g/mol. The van der Waals surface area contributed by atoms with Crippen molar-refractivity contribution in [3.8, 4) is 0 Å². The van der Waals surface area contributed by atoms with Crippen molar-refractivity contribution in [2.75, 3.05) is 19.7 Å². The summed E-state index contributed by atoms with van der Waals surface area (Å²) in [6, 6.07) is 0.0412. The lowest BCUT2D eigenvalue weighted by Crippen LogP contribution is -2.37. The number of hydrogen-bond donors (Lipinski definition) is 0. The van der Waals surface area contributed by atoms with Crippen LogP contribution in [-0.2, 0) is 9.53 Å². The van der Waals surface area contributed by atoms with Gasteiger partial charge >= 0.3 is 5.97 Å². The van der Waals surface area contributed by atoms with Gasteiger partial charge in [0.25, 0.3) is 0 Å². The van der Waals surface area contributed by atoms with Crippen LogP contribution in [0.15, 0.2) is 0 Å². The van der Waals surface area contributed by atoms with E-state index in [0.29, 0.717) is 6.61 Å². The van der Waals surface area contributed by atoms with Crippen LogP contribution in [0, 0.1) is 0 Å². The molecule has 1 heterocycles. The largest absolute Gasteiger partial charge is 0.465 e. The number of hydrogen-bond acceptors (Lipinski definition) is 3. The fourth-order valence-electron chi connectivity index (χ4n) is 3.05. The zero-order chi connectivity index (χ0) is 14.6. The average molecular weight is 283 g/mol. The molecule has 0 aromatic carbocycles. The highest BCUT2D eigenvalue weighted by atomic mass is 16.5. The second kappa shape index (κ2) is 11.1. The first-order chi connectivity index (χ1) is 9.79. The van der Waals surface area contributed by atoms with Crippen molar-refractivity contribution in [1.82, 2.24) is 4.90 Å². The van der Waals surface area contributed by atoms with Gasteiger partial charge in [0.1, 0.15) is 6.04 Å². The summed E-state index contributed by atoms with van der Waals surface area (Å²) in [7, 11) is 0. The van der Waals surface area contributed by atoms with Crippen molar-refractivity contribution < 1.29 is 9.53 Å². The van der Waals surface area contributed by atoms with Crippen molar-refractivity contribution in [2.45, 2.75) is 84.1 Å². The fourth-order valence-corrected chi connectivity index (χ4v) is 3.05. The highest BCUT2D eigenvalue weighted by Gasteiger charge is 2.30. The topological polar surface area (TPSA) is 29.5 Å². The molecule has 3 nitrogen and oxygen atoms in total. The maximum atomic E-state index is 11.8. The highest BCUT2D eigenvalue weighted by Crippen LogP contribution is 2.19. The van der Waals surface area contributed by atoms with Crippen LogP contribution in [0.4, 0.5) is 0 Å². The molecule has 1 aliphatic heterocycles. The number of rotatable bonds is 11. The quantitative estimate of drug-likeness (QED) is 0.421. The summed E-state index contributed by atoms with van der Waals surface area (Å²) in [5, 5.41) is 0. The molecular weight excluding hydrogens is 250 g/mol. The van der Waals surface area contributed by atoms with E-state index in [9.17, 15) is 4.79 Å². The van der Waals surface area contributed by atoms with Gasteiger partial charge < -0.3 is 4.74 Å². The van der Waals surface area contributed by atoms with Gasteiger partial charge in [-0.05, 0) is 39.3 Å². The Morgan fingerprint density at radius 1 is 1.05 bits per heavy atom. The number of likely N-dealkylation sites (tertiary alicyclic amines) is 1. The Labute approximate surface area is 125 Å². The fraction of sp³-hybridized carbons (Fsp3) is 0.941. The van der Waals surface area contributed by atoms with Crippen molar-refractivity contribution >= 4 is 5.97 Å². The van der Waals surface area contributed by atoms with E-state index in [1.54, 1.807) is 0 Å². The zero-order valence-electron chi connectivity index (χ0n) is 13.5. The number of ether oxygens (including phenoxy) is 1. The molecule has 0 spiro atoms. The number of carbonyl (C=O) groups is 1. The van der Waals surface area contributed by atoms with Crippen LogP contribution in [-0.4, -0.2) is 36.6 Å². The van der Waals surface area contributed by atoms with Gasteiger partial charge in [0.15, 0.2) is 0 Å². The first-order valence-corrected chi connectivity index (χ1v) is 8.70. The van der Waals surface area contributed by atoms with Gasteiger partial charge in [0.2, 0.25) is 0 Å². The Bertz CT molecular complexity index is 255. The SMILES string of the molecule is CCCCCCCCCCN1CCCC1C(=O)OCC. The summed E-state index contributed by atoms with van der Waals surface area (Å²) in [5.74, 6) is -0.00966. The molecule has 1 saturated heterocycles. The van der Waals surface area contributed by atoms with Gasteiger partial charge in [-0.3, -0.25) is 9.69 Å². The molecule has 1 aliphatic rings. The van der Waals surface area contributed by atoms with E-state index in [2.05, 4.69) is 11.8 Å². The molecule has 1 rings (SSSR count). The zero-order valence-corrected chi connectivity index (χ0v) is 13.5. The summed E-state index contributed by atoms with van der Waals surface area (Å²) < 4.78 is 5.16. The Hall–Kier alpha value is -0.570. The summed E-state index contributed by atoms with van der Waals surface area (Å²) in [6.45, 7) is 6.78. The Kier molecular flexibility index (Phi) is 9.73. The normalized spacial score (nSPS) is 19.4. The van der Waals surface area contributed by atoms with E-state index in [1.165, 1.54) is 51.4 Å². The lowest BCUT2D eigenvalue weighted by atomic mass is 10.1. The number of nitrogens with zero attached hydrogens (tertiary/aromatic N) is 1. The third-order valence-corrected chi connectivity index (χ3v) is 4.22. The number of carbonyl (C=O) groups excluding carboxylic acids is 1. The molecule has 0 N–H and O–H groups in total. The molecule has 118 valence electrons. The molecule has 1 unspecified atom stereocenters. The van der Waals surface area contributed by atoms with Crippen LogP contribution in [0.2, 0.25) is 0 Å². The van der Waals surface area contributed by atoms with E-state index in [-0.39, 0.29) is 12.0 Å². The van der Waals surface area contributed by atoms with Crippen molar-refractivity contribution in [3.63, 3.8) is 0 Å². The van der Waals surface area contributed by atoms with Crippen LogP contribution >= 0.6 is 0 Å². The average Bonchev–Trinajstić information content (AvgIpc) is 2.90. The van der Waals surface area contributed by atoms with E-state index < -0.39 is 0 Å². The van der Waals surface area contributed by atoms with Gasteiger partial charge in [0, 0.05) is 0 Å². The van der Waals surface area contributed by atoms with Crippen LogP contribution in [0.5, 0.6) is 0 Å². The van der Waals surface area contributed by atoms with Gasteiger partial charge in [-0.1, -0.05) is 51.9 Å². The van der Waals surface area contributed by atoms with Crippen LogP contribution in [0.1, 0.15) is 78.1 Å². The van der Waals surface area contributed by atoms with Crippen LogP contribution in [0.25, 0.3) is 0 Å². The Balaban J connectivity index is 2.04. The van der Waals surface area contributed by atoms with Crippen molar-refractivity contribution in [3.05, 3.63) is 0 Å². The minimum atomic E-state index is -0.00966. The van der Waals surface area contributed by atoms with Gasteiger partial charge in [0.05, 0.1) is 6.61 Å². The van der Waals surface area contributed by atoms with Crippen LogP contribution in [0.3, 0.4) is 0 Å². The van der Waals surface area contributed by atoms with Crippen molar-refractivity contribution in [1.29, 1.82) is 0 Å². The van der Waals surface area contributed by atoms with Gasteiger partial charge in [-0.2, -0.15) is 0 Å². The summed E-state index contributed by atoms with van der Waals surface area (Å²) in [6.07, 6.45) is 12.9. The number of unbranched alkanes of at least 4 members (excludes halogenated alkanes) is 7. The van der Waals surface area contributed by atoms with Gasteiger partial charge in [-0.25, -0.2) is 0 Å². The maximum Gasteiger partial charge on any atom is 0.323 e. The van der Waals surface area contributed by atoms with E-state index in [0.717, 1.165) is 25.9 Å². The molecule has 1 fully saturated rings. The van der Waals surface area contributed by atoms with Crippen LogP contribution < -0.4 is 0 Å². The lowest BCUT2D eigenvalue weighted by Gasteiger charge is -2.22. The van der Waals surface area contributed by atoms with Gasteiger partial charge in [-0.15, -0.1) is 0 Å². The summed E-state index contributed by atoms with van der Waals surface area (Å²) in [4.78, 5) is 14.2. The molecular formula is C17H33NO2. The minimum Gasteiger partial charge on any atom is -0.465 e. The standard InChI is InChI=1S/C17H33NO2/c1-3-5-6-7-8-9-10-11-14-18-15-12-13-16(18)17(19)20-4-2/h16H,3-15H2,1-2H3. The molecule has 0 saturated carbocycles. The third kappa shape index (κ3) is 6.74. The molecule has 3 heteroatoms. The smallest absolute Gasteiger partial charge is 0.323 e. The maximum absolute atomic E-state index is 11.8. The predicted octanol–water partition coefficient (Wildman–Crippen LogP) is 4.15. The first-order valence-electron chi connectivity index (χ1n) is 8.70. The first kappa shape index (κ1) is 17.5. The molecule has 0 aromatic heterocycles. The molecule has 20 heavy (non-hydrogen) atoms. The molecule has 1 atom stereocenters. The Morgan fingerprint density at radius 3 is 2.35 bits per heavy atom. The minimum absolute atomic E-state index is 0.00966. The highest BCUT2D eigenvalue weighted by molar-refractivity contribution is 5.76. The van der Waals surface area contributed by atoms with E-state index in [1.807, 2.05) is 6.92 Å². The van der Waals surface area contributed by atoms with E-state index in [4.69, 9.17) is 4.74 Å². The molecule has 0 radical (unpaired) electrons. The second-order valence-electron chi connectivity index (χ2n) is 5.92. The summed E-state index contributed by atoms with van der Waals surface area (Å²) in [5.41, 5.74) is 0. The summed E-state index contributed by atoms with van der Waals surface area (Å²) >= 11 is 0. The molecule has 0 bridgehead atoms. The molecule has 0 amide bonds. The predicted molar refractivity (Wildman–Crippen MR) is 83.8 cm³/mol. The molecule has 0 aliphatic carbocycles. The third-order valence-electron chi connectivity index (χ3n) is 4.22.